The molecule has 1 saturated carbocycles. The van der Waals surface area contributed by atoms with Crippen LogP contribution in [-0.2, 0) is 19.1 Å². The molecule has 0 radical (unpaired) electrons. The van der Waals surface area contributed by atoms with Crippen LogP contribution >= 0.6 is 11.3 Å². The number of thiazole rings is 1. The fourth-order valence-electron chi connectivity index (χ4n) is 3.68. The van der Waals surface area contributed by atoms with Gasteiger partial charge in [0.25, 0.3) is 0 Å². The Hall–Kier alpha value is -2.29. The minimum absolute atomic E-state index is 0.00425. The van der Waals surface area contributed by atoms with E-state index in [1.54, 1.807) is 13.8 Å². The van der Waals surface area contributed by atoms with Gasteiger partial charge in [-0.05, 0) is 26.7 Å². The Morgan fingerprint density at radius 1 is 1.22 bits per heavy atom. The number of carbonyl (C=O) groups excluding carboxylic acids is 4. The van der Waals surface area contributed by atoms with Gasteiger partial charge in [0.05, 0.1) is 24.1 Å². The van der Waals surface area contributed by atoms with Crippen LogP contribution in [0, 0.1) is 18.8 Å². The Balaban J connectivity index is 1.56. The first-order chi connectivity index (χ1) is 12.9. The number of ether oxygens (including phenoxy) is 1. The summed E-state index contributed by atoms with van der Waals surface area (Å²) in [5, 5.41) is 2.93. The summed E-state index contributed by atoms with van der Waals surface area (Å²) in [6.45, 7) is 3.72. The fraction of sp³-hybridized carbons (Fsp3) is 0.611. The molecule has 1 aliphatic heterocycles. The van der Waals surface area contributed by atoms with Crippen LogP contribution in [0.5, 0.6) is 0 Å². The smallest absolute Gasteiger partial charge is 0.350 e. The summed E-state index contributed by atoms with van der Waals surface area (Å²) in [7, 11) is 0. The van der Waals surface area contributed by atoms with Crippen molar-refractivity contribution < 1.29 is 23.9 Å². The summed E-state index contributed by atoms with van der Waals surface area (Å²) < 4.78 is 4.95. The number of anilines is 1. The molecule has 0 unspecified atom stereocenters. The van der Waals surface area contributed by atoms with E-state index in [1.807, 2.05) is 0 Å². The number of rotatable bonds is 6. The van der Waals surface area contributed by atoms with Crippen molar-refractivity contribution in [1.82, 2.24) is 9.88 Å². The summed E-state index contributed by atoms with van der Waals surface area (Å²) in [6.07, 6.45) is 3.46. The lowest BCUT2D eigenvalue weighted by molar-refractivity contribution is -0.140. The van der Waals surface area contributed by atoms with Gasteiger partial charge in [-0.3, -0.25) is 19.3 Å². The third-order valence-corrected chi connectivity index (χ3v) is 6.05. The number of hydrogen-bond donors (Lipinski definition) is 1. The van der Waals surface area contributed by atoms with Crippen LogP contribution in [0.3, 0.4) is 0 Å². The van der Waals surface area contributed by atoms with Gasteiger partial charge in [0.15, 0.2) is 5.13 Å². The van der Waals surface area contributed by atoms with Crippen LogP contribution in [0.25, 0.3) is 0 Å². The molecule has 2 atom stereocenters. The van der Waals surface area contributed by atoms with Crippen molar-refractivity contribution >= 4 is 40.2 Å². The zero-order valence-electron chi connectivity index (χ0n) is 15.4. The van der Waals surface area contributed by atoms with Crippen LogP contribution in [0.1, 0.15) is 54.4 Å². The molecule has 8 nitrogen and oxygen atoms in total. The van der Waals surface area contributed by atoms with Crippen LogP contribution in [0.15, 0.2) is 0 Å². The Morgan fingerprint density at radius 2 is 1.85 bits per heavy atom. The molecular formula is C18H23N3O5S. The van der Waals surface area contributed by atoms with Gasteiger partial charge < -0.3 is 10.1 Å². The number of hydrogen-bond acceptors (Lipinski definition) is 7. The number of fused-ring (bicyclic) bond motifs is 1. The van der Waals surface area contributed by atoms with Crippen molar-refractivity contribution in [3.63, 3.8) is 0 Å². The molecule has 146 valence electrons. The number of nitrogens with one attached hydrogen (secondary N) is 1. The summed E-state index contributed by atoms with van der Waals surface area (Å²) in [5.74, 6) is -1.52. The van der Waals surface area contributed by atoms with E-state index >= 15 is 0 Å². The Kier molecular flexibility index (Phi) is 5.88. The lowest BCUT2D eigenvalue weighted by atomic mass is 9.81. The molecule has 0 bridgehead atoms. The first kappa shape index (κ1) is 19.5. The Morgan fingerprint density at radius 3 is 2.44 bits per heavy atom. The zero-order chi connectivity index (χ0) is 19.6. The van der Waals surface area contributed by atoms with Crippen molar-refractivity contribution in [2.24, 2.45) is 11.8 Å². The number of carbonyl (C=O) groups is 4. The highest BCUT2D eigenvalue weighted by Crippen LogP contribution is 2.38. The lowest BCUT2D eigenvalue weighted by Gasteiger charge is -2.19. The standard InChI is InChI=1S/C18H23N3O5S/c1-3-26-17(25)14-10(2)19-18(27-14)20-13(22)8-9-21-15(23)11-6-4-5-7-12(11)16(21)24/h11-12H,3-9H2,1-2H3,(H,19,20,22)/t11-,12+. The normalized spacial score (nSPS) is 21.9. The van der Waals surface area contributed by atoms with E-state index in [0.29, 0.717) is 15.7 Å². The van der Waals surface area contributed by atoms with Crippen LogP contribution in [0.4, 0.5) is 5.13 Å². The molecule has 1 aromatic heterocycles. The minimum Gasteiger partial charge on any atom is -0.462 e. The molecular weight excluding hydrogens is 370 g/mol. The van der Waals surface area contributed by atoms with Crippen LogP contribution in [-0.4, -0.2) is 46.7 Å². The number of imide groups is 1. The van der Waals surface area contributed by atoms with E-state index in [0.717, 1.165) is 37.0 Å². The number of esters is 1. The SMILES string of the molecule is CCOC(=O)c1sc(NC(=O)CCN2C(=O)[C@H]3CCCC[C@H]3C2=O)nc1C. The second-order valence-electron chi connectivity index (χ2n) is 6.78. The first-order valence-electron chi connectivity index (χ1n) is 9.22. The van der Waals surface area contributed by atoms with E-state index in [2.05, 4.69) is 10.3 Å². The predicted octanol–water partition coefficient (Wildman–Crippen LogP) is 2.13. The van der Waals surface area contributed by atoms with Gasteiger partial charge in [-0.25, -0.2) is 9.78 Å². The van der Waals surface area contributed by atoms with E-state index in [9.17, 15) is 19.2 Å². The summed E-state index contributed by atoms with van der Waals surface area (Å²) in [6, 6.07) is 0. The molecule has 2 fully saturated rings. The second kappa shape index (κ2) is 8.16. The quantitative estimate of drug-likeness (QED) is 0.586. The van der Waals surface area contributed by atoms with Crippen LogP contribution < -0.4 is 5.32 Å². The van der Waals surface area contributed by atoms with Gasteiger partial charge in [0.1, 0.15) is 4.88 Å². The number of amides is 3. The van der Waals surface area contributed by atoms with E-state index in [1.165, 1.54) is 4.90 Å². The third-order valence-electron chi connectivity index (χ3n) is 5.00. The maximum atomic E-state index is 12.4. The maximum absolute atomic E-state index is 12.4. The molecule has 1 aliphatic carbocycles. The van der Waals surface area contributed by atoms with Crippen molar-refractivity contribution in [3.05, 3.63) is 10.6 Å². The molecule has 2 aliphatic rings. The summed E-state index contributed by atoms with van der Waals surface area (Å²) >= 11 is 1.05. The Labute approximate surface area is 161 Å². The Bertz CT molecular complexity index is 751. The van der Waals surface area contributed by atoms with Gasteiger partial charge in [-0.15, -0.1) is 0 Å². The molecule has 0 spiro atoms. The summed E-state index contributed by atoms with van der Waals surface area (Å²) in [4.78, 5) is 54.6. The molecule has 1 saturated heterocycles. The van der Waals surface area contributed by atoms with Gasteiger partial charge in [-0.2, -0.15) is 0 Å². The molecule has 1 N–H and O–H groups in total. The summed E-state index contributed by atoms with van der Waals surface area (Å²) in [5.41, 5.74) is 0.489. The topological polar surface area (TPSA) is 106 Å². The highest BCUT2D eigenvalue weighted by Gasteiger charge is 2.47. The molecule has 3 amide bonds. The molecule has 0 aromatic carbocycles. The monoisotopic (exact) mass is 393 g/mol. The molecule has 2 heterocycles. The van der Waals surface area contributed by atoms with E-state index < -0.39 is 5.97 Å². The number of likely N-dealkylation sites (tertiary alicyclic amines) is 1. The first-order valence-corrected chi connectivity index (χ1v) is 10.0. The van der Waals surface area contributed by atoms with Gasteiger partial charge in [0.2, 0.25) is 17.7 Å². The number of nitrogens with zero attached hydrogens (tertiary/aromatic N) is 2. The second-order valence-corrected chi connectivity index (χ2v) is 7.78. The average Bonchev–Trinajstić information content (AvgIpc) is 3.12. The average molecular weight is 393 g/mol. The van der Waals surface area contributed by atoms with Gasteiger partial charge in [-0.1, -0.05) is 24.2 Å². The predicted molar refractivity (Wildman–Crippen MR) is 98.2 cm³/mol. The molecule has 3 rings (SSSR count). The van der Waals surface area contributed by atoms with Crippen molar-refractivity contribution in [1.29, 1.82) is 0 Å². The third kappa shape index (κ3) is 4.02. The van der Waals surface area contributed by atoms with Crippen molar-refractivity contribution in [3.8, 4) is 0 Å². The fourth-order valence-corrected chi connectivity index (χ4v) is 4.56. The highest BCUT2D eigenvalue weighted by atomic mass is 32.1. The van der Waals surface area contributed by atoms with Crippen molar-refractivity contribution in [2.75, 3.05) is 18.5 Å². The highest BCUT2D eigenvalue weighted by molar-refractivity contribution is 7.17. The zero-order valence-corrected chi connectivity index (χ0v) is 16.3. The minimum atomic E-state index is -0.469. The van der Waals surface area contributed by atoms with Crippen LogP contribution in [0.2, 0.25) is 0 Å². The molecule has 9 heteroatoms. The van der Waals surface area contributed by atoms with Gasteiger partial charge in [0, 0.05) is 13.0 Å². The maximum Gasteiger partial charge on any atom is 0.350 e. The largest absolute Gasteiger partial charge is 0.462 e. The number of aryl methyl sites for hydroxylation is 1. The number of aromatic nitrogens is 1. The van der Waals surface area contributed by atoms with E-state index in [-0.39, 0.29) is 49.1 Å². The lowest BCUT2D eigenvalue weighted by Crippen LogP contribution is -2.34. The molecule has 27 heavy (non-hydrogen) atoms. The van der Waals surface area contributed by atoms with E-state index in [4.69, 9.17) is 4.74 Å². The van der Waals surface area contributed by atoms with Crippen molar-refractivity contribution in [2.45, 2.75) is 46.0 Å². The van der Waals surface area contributed by atoms with Gasteiger partial charge >= 0.3 is 5.97 Å². The molecule has 1 aromatic rings.